The molecule has 1 heterocycles. The van der Waals surface area contributed by atoms with Crippen molar-refractivity contribution in [3.8, 4) is 17.2 Å². The molecule has 0 fully saturated rings. The Kier molecular flexibility index (Phi) is 6.82. The lowest BCUT2D eigenvalue weighted by atomic mass is 9.86. The Balaban J connectivity index is 1.88. The second kappa shape index (κ2) is 9.95. The van der Waals surface area contributed by atoms with Crippen LogP contribution in [0, 0.1) is 0 Å². The molecule has 0 spiro atoms. The number of hydrogen-bond donors (Lipinski definition) is 0. The Morgan fingerprint density at radius 2 is 1.71 bits per heavy atom. The van der Waals surface area contributed by atoms with Gasteiger partial charge in [0, 0.05) is 5.39 Å². The highest BCUT2D eigenvalue weighted by molar-refractivity contribution is 6.07. The van der Waals surface area contributed by atoms with Crippen molar-refractivity contribution in [2.24, 2.45) is 0 Å². The molecule has 7 nitrogen and oxygen atoms in total. The lowest BCUT2D eigenvalue weighted by molar-refractivity contribution is -0.120. The van der Waals surface area contributed by atoms with Crippen molar-refractivity contribution in [1.82, 2.24) is 4.98 Å². The molecule has 0 atom stereocenters. The third-order valence-electron chi connectivity index (χ3n) is 5.81. The number of para-hydroxylation sites is 1. The number of ketones is 1. The van der Waals surface area contributed by atoms with E-state index in [-0.39, 0.29) is 12.4 Å². The van der Waals surface area contributed by atoms with Crippen molar-refractivity contribution < 1.29 is 28.5 Å². The smallest absolute Gasteiger partial charge is 0.339 e. The Morgan fingerprint density at radius 1 is 1.00 bits per heavy atom. The van der Waals surface area contributed by atoms with Crippen LogP contribution in [0.15, 0.2) is 36.4 Å². The van der Waals surface area contributed by atoms with E-state index in [1.165, 1.54) is 6.92 Å². The van der Waals surface area contributed by atoms with E-state index in [1.807, 2.05) is 42.5 Å². The molecule has 34 heavy (non-hydrogen) atoms. The number of ether oxygens (including phenoxy) is 4. The molecule has 0 unspecified atom stereocenters. The van der Waals surface area contributed by atoms with Gasteiger partial charge in [-0.2, -0.15) is 0 Å². The monoisotopic (exact) mass is 461 g/mol. The van der Waals surface area contributed by atoms with Gasteiger partial charge >= 0.3 is 5.97 Å². The first kappa shape index (κ1) is 23.3. The highest BCUT2D eigenvalue weighted by Crippen LogP contribution is 2.41. The SMILES string of the molecule is COc1cc(C=C2CCCc3c2nc2ccccc2c3C(=O)OCC(C)=O)cc(OC)c1OC. The zero-order valence-electron chi connectivity index (χ0n) is 19.8. The van der Waals surface area contributed by atoms with E-state index in [0.29, 0.717) is 34.7 Å². The van der Waals surface area contributed by atoms with Crippen LogP contribution in [-0.4, -0.2) is 44.7 Å². The maximum atomic E-state index is 13.1. The molecule has 0 radical (unpaired) electrons. The number of pyridine rings is 1. The molecule has 0 aliphatic heterocycles. The molecule has 1 aliphatic carbocycles. The van der Waals surface area contributed by atoms with Crippen LogP contribution in [-0.2, 0) is 16.0 Å². The summed E-state index contributed by atoms with van der Waals surface area (Å²) in [5.41, 5.74) is 4.67. The number of fused-ring (bicyclic) bond motifs is 2. The van der Waals surface area contributed by atoms with Crippen molar-refractivity contribution in [3.63, 3.8) is 0 Å². The van der Waals surface area contributed by atoms with Gasteiger partial charge in [-0.3, -0.25) is 4.79 Å². The van der Waals surface area contributed by atoms with Crippen LogP contribution in [0.2, 0.25) is 0 Å². The van der Waals surface area contributed by atoms with Crippen LogP contribution >= 0.6 is 0 Å². The number of aromatic nitrogens is 1. The number of carbonyl (C=O) groups excluding carboxylic acids is 2. The molecule has 176 valence electrons. The van der Waals surface area contributed by atoms with Crippen LogP contribution in [0.5, 0.6) is 17.2 Å². The molecule has 1 aromatic heterocycles. The van der Waals surface area contributed by atoms with Gasteiger partial charge in [0.1, 0.15) is 6.61 Å². The normalized spacial score (nSPS) is 13.9. The lowest BCUT2D eigenvalue weighted by Crippen LogP contribution is -2.17. The van der Waals surface area contributed by atoms with Gasteiger partial charge in [-0.1, -0.05) is 18.2 Å². The van der Waals surface area contributed by atoms with Gasteiger partial charge in [0.05, 0.1) is 38.1 Å². The topological polar surface area (TPSA) is 84.0 Å². The fourth-order valence-electron chi connectivity index (χ4n) is 4.33. The summed E-state index contributed by atoms with van der Waals surface area (Å²) in [6, 6.07) is 11.3. The van der Waals surface area contributed by atoms with Crippen molar-refractivity contribution >= 4 is 34.3 Å². The van der Waals surface area contributed by atoms with Gasteiger partial charge in [-0.25, -0.2) is 9.78 Å². The molecule has 1 aliphatic rings. The fourth-order valence-corrected chi connectivity index (χ4v) is 4.33. The largest absolute Gasteiger partial charge is 0.493 e. The van der Waals surface area contributed by atoms with Crippen LogP contribution in [0.3, 0.4) is 0 Å². The highest BCUT2D eigenvalue weighted by atomic mass is 16.5. The number of esters is 1. The second-order valence-corrected chi connectivity index (χ2v) is 8.09. The summed E-state index contributed by atoms with van der Waals surface area (Å²) in [5, 5.41) is 0.726. The van der Waals surface area contributed by atoms with E-state index >= 15 is 0 Å². The Morgan fingerprint density at radius 3 is 2.35 bits per heavy atom. The summed E-state index contributed by atoms with van der Waals surface area (Å²) >= 11 is 0. The van der Waals surface area contributed by atoms with E-state index in [9.17, 15) is 9.59 Å². The predicted molar refractivity (Wildman–Crippen MR) is 130 cm³/mol. The first-order chi connectivity index (χ1) is 16.5. The Labute approximate surface area is 198 Å². The van der Waals surface area contributed by atoms with Gasteiger partial charge in [0.2, 0.25) is 5.75 Å². The van der Waals surface area contributed by atoms with Crippen LogP contribution in [0.25, 0.3) is 22.6 Å². The third-order valence-corrected chi connectivity index (χ3v) is 5.81. The average Bonchev–Trinajstić information content (AvgIpc) is 2.85. The number of carbonyl (C=O) groups is 2. The molecular formula is C27H27NO6. The van der Waals surface area contributed by atoms with E-state index in [4.69, 9.17) is 23.9 Å². The molecule has 0 N–H and O–H groups in total. The molecule has 0 saturated carbocycles. The fraction of sp³-hybridized carbons (Fsp3) is 0.296. The first-order valence-electron chi connectivity index (χ1n) is 11.1. The predicted octanol–water partition coefficient (Wildman–Crippen LogP) is 4.88. The van der Waals surface area contributed by atoms with Gasteiger partial charge in [-0.15, -0.1) is 0 Å². The number of hydrogen-bond acceptors (Lipinski definition) is 7. The van der Waals surface area contributed by atoms with Crippen LogP contribution < -0.4 is 14.2 Å². The average molecular weight is 462 g/mol. The minimum atomic E-state index is -0.501. The van der Waals surface area contributed by atoms with Crippen molar-refractivity contribution in [3.05, 3.63) is 58.8 Å². The Bertz CT molecular complexity index is 1270. The van der Waals surface area contributed by atoms with Crippen molar-refractivity contribution in [2.75, 3.05) is 27.9 Å². The molecular weight excluding hydrogens is 434 g/mol. The number of methoxy groups -OCH3 is 3. The van der Waals surface area contributed by atoms with Crippen LogP contribution in [0.4, 0.5) is 0 Å². The van der Waals surface area contributed by atoms with Gasteiger partial charge in [-0.05, 0) is 67.2 Å². The molecule has 4 rings (SSSR count). The zero-order valence-corrected chi connectivity index (χ0v) is 19.8. The number of Topliss-reactive ketones (excluding diaryl/α,β-unsaturated/α-hetero) is 1. The van der Waals surface area contributed by atoms with Gasteiger partial charge in [0.15, 0.2) is 17.3 Å². The summed E-state index contributed by atoms with van der Waals surface area (Å²) < 4.78 is 21.7. The minimum Gasteiger partial charge on any atom is -0.493 e. The second-order valence-electron chi connectivity index (χ2n) is 8.09. The summed E-state index contributed by atoms with van der Waals surface area (Å²) in [4.78, 5) is 29.4. The maximum Gasteiger partial charge on any atom is 0.339 e. The van der Waals surface area contributed by atoms with Gasteiger partial charge < -0.3 is 18.9 Å². The summed E-state index contributed by atoms with van der Waals surface area (Å²) in [6.45, 7) is 1.14. The number of rotatable bonds is 7. The van der Waals surface area contributed by atoms with Crippen molar-refractivity contribution in [1.29, 1.82) is 0 Å². The van der Waals surface area contributed by atoms with E-state index in [1.54, 1.807) is 21.3 Å². The summed E-state index contributed by atoms with van der Waals surface area (Å²) in [6.07, 6.45) is 4.40. The molecule has 0 saturated heterocycles. The number of nitrogens with zero attached hydrogens (tertiary/aromatic N) is 1. The third kappa shape index (κ3) is 4.46. The molecule has 0 bridgehead atoms. The number of benzene rings is 2. The molecule has 7 heteroatoms. The maximum absolute atomic E-state index is 13.1. The van der Waals surface area contributed by atoms with Crippen molar-refractivity contribution in [2.45, 2.75) is 26.2 Å². The number of allylic oxidation sites excluding steroid dienone is 1. The van der Waals surface area contributed by atoms with E-state index in [2.05, 4.69) is 0 Å². The van der Waals surface area contributed by atoms with Crippen LogP contribution in [0.1, 0.15) is 46.9 Å². The molecule has 2 aromatic carbocycles. The standard InChI is InChI=1S/C27H27NO6/c1-16(29)15-34-27(30)24-19-9-5-6-11-21(19)28-25-18(8-7-10-20(24)25)12-17-13-22(31-2)26(33-4)23(14-17)32-3/h5-6,9,11-14H,7-8,10,15H2,1-4H3. The summed E-state index contributed by atoms with van der Waals surface area (Å²) in [7, 11) is 4.73. The lowest BCUT2D eigenvalue weighted by Gasteiger charge is -2.22. The van der Waals surface area contributed by atoms with E-state index < -0.39 is 5.97 Å². The minimum absolute atomic E-state index is 0.205. The Hall–Kier alpha value is -3.87. The summed E-state index contributed by atoms with van der Waals surface area (Å²) in [5.74, 6) is 0.938. The van der Waals surface area contributed by atoms with E-state index in [0.717, 1.165) is 40.6 Å². The molecule has 0 amide bonds. The van der Waals surface area contributed by atoms with Gasteiger partial charge in [0.25, 0.3) is 0 Å². The quantitative estimate of drug-likeness (QED) is 0.464. The first-order valence-corrected chi connectivity index (χ1v) is 11.1. The zero-order chi connectivity index (χ0) is 24.2. The highest BCUT2D eigenvalue weighted by Gasteiger charge is 2.26. The molecule has 3 aromatic rings.